The number of hydrogen-bond acceptors (Lipinski definition) is 6. The van der Waals surface area contributed by atoms with Crippen LogP contribution in [0.3, 0.4) is 0 Å². The second-order valence-corrected chi connectivity index (χ2v) is 5.43. The van der Waals surface area contributed by atoms with E-state index in [1.165, 1.54) is 13.2 Å². The van der Waals surface area contributed by atoms with E-state index in [0.717, 1.165) is 17.2 Å². The first-order valence-electron chi connectivity index (χ1n) is 8.02. The van der Waals surface area contributed by atoms with Crippen molar-refractivity contribution in [3.63, 3.8) is 0 Å². The lowest BCUT2D eigenvalue weighted by Gasteiger charge is -2.10. The van der Waals surface area contributed by atoms with E-state index < -0.39 is 17.1 Å². The van der Waals surface area contributed by atoms with Crippen LogP contribution in [0, 0.1) is 0 Å². The Hall–Kier alpha value is -3.36. The lowest BCUT2D eigenvalue weighted by Crippen LogP contribution is -2.31. The smallest absolute Gasteiger partial charge is 0.335 e. The van der Waals surface area contributed by atoms with Crippen LogP contribution in [0.4, 0.5) is 0 Å². The third kappa shape index (κ3) is 4.38. The van der Waals surface area contributed by atoms with Crippen LogP contribution in [0.5, 0.6) is 11.6 Å². The molecule has 26 heavy (non-hydrogen) atoms. The summed E-state index contributed by atoms with van der Waals surface area (Å²) < 4.78 is 6.00. The van der Waals surface area contributed by atoms with Gasteiger partial charge < -0.3 is 9.84 Å². The molecule has 0 aliphatic carbocycles. The number of nitrogens with one attached hydrogen (secondary N) is 2. The van der Waals surface area contributed by atoms with Crippen LogP contribution in [0.1, 0.15) is 31.7 Å². The molecule has 0 saturated carbocycles. The molecule has 1 aromatic carbocycles. The first kappa shape index (κ1) is 19.0. The summed E-state index contributed by atoms with van der Waals surface area (Å²) in [5.41, 5.74) is 0.671. The number of benzene rings is 1. The normalized spacial score (nSPS) is 10.8. The molecule has 0 spiro atoms. The van der Waals surface area contributed by atoms with E-state index in [1.807, 2.05) is 6.92 Å². The first-order valence-corrected chi connectivity index (χ1v) is 8.02. The zero-order valence-corrected chi connectivity index (χ0v) is 14.5. The minimum atomic E-state index is -0.821. The van der Waals surface area contributed by atoms with E-state index in [4.69, 9.17) is 4.74 Å². The lowest BCUT2D eigenvalue weighted by molar-refractivity contribution is -0.121. The number of ether oxygens (including phenoxy) is 1. The summed E-state index contributed by atoms with van der Waals surface area (Å²) >= 11 is 0. The number of nitrogens with zero attached hydrogens (tertiary/aromatic N) is 2. The molecular formula is C17H20N4O5. The van der Waals surface area contributed by atoms with Crippen molar-refractivity contribution in [2.24, 2.45) is 5.10 Å². The number of carbonyl (C=O) groups is 1. The number of methoxy groups -OCH3 is 1. The topological polar surface area (TPSA) is 126 Å². The summed E-state index contributed by atoms with van der Waals surface area (Å²) in [6.07, 6.45) is 2.88. The van der Waals surface area contributed by atoms with Crippen LogP contribution in [-0.2, 0) is 4.79 Å². The number of carbonyl (C=O) groups excluding carboxylic acids is 1. The van der Waals surface area contributed by atoms with Gasteiger partial charge in [0.2, 0.25) is 11.8 Å². The molecule has 1 heterocycles. The van der Waals surface area contributed by atoms with Crippen molar-refractivity contribution in [3.05, 3.63) is 50.7 Å². The molecule has 9 nitrogen and oxygen atoms in total. The molecule has 0 fully saturated rings. The number of hydrazone groups is 1. The Morgan fingerprint density at radius 3 is 2.88 bits per heavy atom. The molecule has 138 valence electrons. The molecule has 9 heteroatoms. The fourth-order valence-electron chi connectivity index (χ4n) is 2.21. The third-order valence-corrected chi connectivity index (χ3v) is 3.57. The summed E-state index contributed by atoms with van der Waals surface area (Å²) in [5.74, 6) is -0.433. The summed E-state index contributed by atoms with van der Waals surface area (Å²) in [6.45, 7) is 1.95. The lowest BCUT2D eigenvalue weighted by atomic mass is 10.2. The van der Waals surface area contributed by atoms with E-state index in [1.54, 1.807) is 18.2 Å². The predicted octanol–water partition coefficient (Wildman–Crippen LogP) is 0.880. The number of aromatic amines is 1. The van der Waals surface area contributed by atoms with Crippen LogP contribution >= 0.6 is 0 Å². The number of aromatic nitrogens is 2. The van der Waals surface area contributed by atoms with Gasteiger partial charge >= 0.3 is 5.69 Å². The Morgan fingerprint density at radius 2 is 2.19 bits per heavy atom. The number of unbranched alkanes of at least 4 members (excludes halogenated alkanes) is 1. The average molecular weight is 360 g/mol. The Morgan fingerprint density at radius 1 is 1.42 bits per heavy atom. The van der Waals surface area contributed by atoms with E-state index in [0.29, 0.717) is 24.3 Å². The number of amides is 1. The fraction of sp³-hybridized carbons (Fsp3) is 0.294. The molecule has 0 radical (unpaired) electrons. The van der Waals surface area contributed by atoms with Crippen LogP contribution in [0.15, 0.2) is 39.0 Å². The highest BCUT2D eigenvalue weighted by Crippen LogP contribution is 2.19. The van der Waals surface area contributed by atoms with Gasteiger partial charge in [0.05, 0.1) is 19.0 Å². The van der Waals surface area contributed by atoms with Crippen LogP contribution < -0.4 is 21.4 Å². The number of aromatic hydroxyl groups is 1. The maximum absolute atomic E-state index is 12.1. The Balaban J connectivity index is 2.38. The fourth-order valence-corrected chi connectivity index (χ4v) is 2.21. The van der Waals surface area contributed by atoms with Gasteiger partial charge in [-0.2, -0.15) is 5.10 Å². The maximum atomic E-state index is 12.1. The van der Waals surface area contributed by atoms with Crippen molar-refractivity contribution in [2.45, 2.75) is 26.2 Å². The predicted molar refractivity (Wildman–Crippen MR) is 96.1 cm³/mol. The zero-order valence-electron chi connectivity index (χ0n) is 14.5. The minimum absolute atomic E-state index is 0.261. The van der Waals surface area contributed by atoms with Crippen LogP contribution in [0.25, 0.3) is 5.69 Å². The van der Waals surface area contributed by atoms with Crippen molar-refractivity contribution in [1.82, 2.24) is 15.0 Å². The summed E-state index contributed by atoms with van der Waals surface area (Å²) in [5, 5.41) is 14.0. The summed E-state index contributed by atoms with van der Waals surface area (Å²) in [7, 11) is 1.47. The first-order chi connectivity index (χ1) is 12.5. The third-order valence-electron chi connectivity index (χ3n) is 3.57. The summed E-state index contributed by atoms with van der Waals surface area (Å²) in [4.78, 5) is 37.7. The van der Waals surface area contributed by atoms with Gasteiger partial charge in [0.25, 0.3) is 5.56 Å². The van der Waals surface area contributed by atoms with Gasteiger partial charge in [0.1, 0.15) is 11.3 Å². The van der Waals surface area contributed by atoms with E-state index in [9.17, 15) is 19.5 Å². The Kier molecular flexibility index (Phi) is 6.31. The number of hydrogen-bond donors (Lipinski definition) is 3. The summed E-state index contributed by atoms with van der Waals surface area (Å²) in [6, 6.07) is 6.39. The SMILES string of the molecule is CCCCC(=O)N/N=C/c1c(O)n(-c2cccc(OC)c2)c(=O)[nH]c1=O. The van der Waals surface area contributed by atoms with Gasteiger partial charge in [-0.1, -0.05) is 19.4 Å². The second-order valence-electron chi connectivity index (χ2n) is 5.43. The van der Waals surface area contributed by atoms with Gasteiger partial charge in [-0.25, -0.2) is 14.8 Å². The Bertz CT molecular complexity index is 929. The highest BCUT2D eigenvalue weighted by molar-refractivity contribution is 5.84. The maximum Gasteiger partial charge on any atom is 0.335 e. The quantitative estimate of drug-likeness (QED) is 0.499. The minimum Gasteiger partial charge on any atom is -0.497 e. The molecule has 0 unspecified atom stereocenters. The molecule has 0 atom stereocenters. The van der Waals surface area contributed by atoms with Gasteiger partial charge in [0, 0.05) is 12.5 Å². The highest BCUT2D eigenvalue weighted by atomic mass is 16.5. The van der Waals surface area contributed by atoms with E-state index >= 15 is 0 Å². The Labute approximate surface area is 149 Å². The van der Waals surface area contributed by atoms with Crippen molar-refractivity contribution in [2.75, 3.05) is 7.11 Å². The van der Waals surface area contributed by atoms with E-state index in [-0.39, 0.29) is 11.5 Å². The molecule has 0 aliphatic heterocycles. The van der Waals surface area contributed by atoms with Gasteiger partial charge in [0.15, 0.2) is 0 Å². The molecular weight excluding hydrogens is 340 g/mol. The van der Waals surface area contributed by atoms with E-state index in [2.05, 4.69) is 15.5 Å². The molecule has 0 saturated heterocycles. The van der Waals surface area contributed by atoms with Crippen molar-refractivity contribution < 1.29 is 14.6 Å². The average Bonchev–Trinajstić information content (AvgIpc) is 2.62. The van der Waals surface area contributed by atoms with Crippen LogP contribution in [-0.4, -0.2) is 33.9 Å². The van der Waals surface area contributed by atoms with Crippen LogP contribution in [0.2, 0.25) is 0 Å². The standard InChI is InChI=1S/C17H20N4O5/c1-3-4-8-14(22)20-18-10-13-15(23)19-17(25)21(16(13)24)11-6-5-7-12(9-11)26-2/h5-7,9-10,24H,3-4,8H2,1-2H3,(H,20,22)(H,19,23,25)/b18-10+. The van der Waals surface area contributed by atoms with Crippen molar-refractivity contribution in [1.29, 1.82) is 0 Å². The monoisotopic (exact) mass is 360 g/mol. The number of H-pyrrole nitrogens is 1. The van der Waals surface area contributed by atoms with Gasteiger partial charge in [-0.05, 0) is 18.6 Å². The molecule has 2 aromatic rings. The molecule has 1 aromatic heterocycles. The molecule has 0 aliphatic rings. The molecule has 0 bridgehead atoms. The number of rotatable bonds is 7. The van der Waals surface area contributed by atoms with Crippen molar-refractivity contribution >= 4 is 12.1 Å². The largest absolute Gasteiger partial charge is 0.497 e. The highest BCUT2D eigenvalue weighted by Gasteiger charge is 2.14. The second kappa shape index (κ2) is 8.65. The van der Waals surface area contributed by atoms with Gasteiger partial charge in [-0.3, -0.25) is 14.6 Å². The zero-order chi connectivity index (χ0) is 19.1. The van der Waals surface area contributed by atoms with Crippen molar-refractivity contribution in [3.8, 4) is 17.3 Å². The van der Waals surface area contributed by atoms with Gasteiger partial charge in [-0.15, -0.1) is 0 Å². The molecule has 3 N–H and O–H groups in total. The molecule has 1 amide bonds. The molecule has 2 rings (SSSR count).